The van der Waals surface area contributed by atoms with E-state index in [1.807, 2.05) is 25.1 Å². The number of sulfone groups is 1. The van der Waals surface area contributed by atoms with Crippen LogP contribution >= 0.6 is 0 Å². The number of hydrogen-bond donors (Lipinski definition) is 0. The largest absolute Gasteiger partial charge is 0.218 e. The molecule has 3 heteroatoms. The Bertz CT molecular complexity index is 563. The van der Waals surface area contributed by atoms with Crippen LogP contribution in [0.25, 0.3) is 5.57 Å². The Morgan fingerprint density at radius 1 is 1.07 bits per heavy atom. The smallest absolute Gasteiger partial charge is 0.207 e. The van der Waals surface area contributed by atoms with Crippen molar-refractivity contribution in [2.75, 3.05) is 0 Å². The summed E-state index contributed by atoms with van der Waals surface area (Å²) in [6.45, 7) is 3.61. The Labute approximate surface area is 89.9 Å². The molecule has 0 saturated heterocycles. The molecule has 15 heavy (non-hydrogen) atoms. The van der Waals surface area contributed by atoms with Gasteiger partial charge in [-0.1, -0.05) is 30.4 Å². The zero-order chi connectivity index (χ0) is 11.1. The van der Waals surface area contributed by atoms with Gasteiger partial charge in [0, 0.05) is 5.56 Å². The van der Waals surface area contributed by atoms with Crippen LogP contribution in [-0.2, 0) is 9.84 Å². The Morgan fingerprint density at radius 2 is 1.73 bits per heavy atom. The van der Waals surface area contributed by atoms with Crippen LogP contribution in [0, 0.1) is 0 Å². The van der Waals surface area contributed by atoms with Crippen molar-refractivity contribution >= 4 is 15.4 Å². The molecule has 1 aliphatic rings. The van der Waals surface area contributed by atoms with Gasteiger partial charge in [0.15, 0.2) is 0 Å². The maximum Gasteiger partial charge on any atom is 0.207 e. The van der Waals surface area contributed by atoms with Gasteiger partial charge in [-0.05, 0) is 25.5 Å². The van der Waals surface area contributed by atoms with Crippen molar-refractivity contribution in [2.24, 2.45) is 0 Å². The molecule has 0 fully saturated rings. The van der Waals surface area contributed by atoms with Crippen molar-refractivity contribution in [3.63, 3.8) is 0 Å². The van der Waals surface area contributed by atoms with E-state index < -0.39 is 9.84 Å². The molecule has 0 radical (unpaired) electrons. The molecule has 1 aliphatic heterocycles. The van der Waals surface area contributed by atoms with E-state index in [1.165, 1.54) is 0 Å². The average Bonchev–Trinajstić information content (AvgIpc) is 2.46. The summed E-state index contributed by atoms with van der Waals surface area (Å²) in [5, 5.41) is 0. The van der Waals surface area contributed by atoms with Crippen LogP contribution in [0.2, 0.25) is 0 Å². The van der Waals surface area contributed by atoms with Crippen molar-refractivity contribution in [1.29, 1.82) is 0 Å². The lowest BCUT2D eigenvalue weighted by Gasteiger charge is -1.97. The van der Waals surface area contributed by atoms with Gasteiger partial charge in [0.25, 0.3) is 0 Å². The molecule has 1 aromatic rings. The molecule has 2 rings (SSSR count). The highest BCUT2D eigenvalue weighted by atomic mass is 32.2. The van der Waals surface area contributed by atoms with Crippen molar-refractivity contribution in [1.82, 2.24) is 0 Å². The van der Waals surface area contributed by atoms with Crippen molar-refractivity contribution < 1.29 is 8.42 Å². The van der Waals surface area contributed by atoms with E-state index in [4.69, 9.17) is 0 Å². The van der Waals surface area contributed by atoms with Crippen LogP contribution in [0.5, 0.6) is 0 Å². The van der Waals surface area contributed by atoms with Gasteiger partial charge in [-0.15, -0.1) is 0 Å². The van der Waals surface area contributed by atoms with Gasteiger partial charge in [0.2, 0.25) is 9.84 Å². The molecule has 2 nitrogen and oxygen atoms in total. The molecule has 0 aliphatic carbocycles. The van der Waals surface area contributed by atoms with Gasteiger partial charge >= 0.3 is 0 Å². The fraction of sp³-hybridized carbons (Fsp3) is 0.167. The van der Waals surface area contributed by atoms with E-state index in [0.29, 0.717) is 9.80 Å². The molecule has 0 unspecified atom stereocenters. The molecule has 1 heterocycles. The predicted octanol–water partition coefficient (Wildman–Crippen LogP) is 2.78. The zero-order valence-electron chi connectivity index (χ0n) is 8.69. The number of fused-ring (bicyclic) bond motifs is 1. The van der Waals surface area contributed by atoms with E-state index in [9.17, 15) is 8.42 Å². The number of rotatable bonds is 0. The third-order valence-electron chi connectivity index (χ3n) is 2.57. The summed E-state index contributed by atoms with van der Waals surface area (Å²) >= 11 is 0. The first-order valence-corrected chi connectivity index (χ1v) is 6.28. The van der Waals surface area contributed by atoms with Crippen molar-refractivity contribution in [2.45, 2.75) is 18.7 Å². The summed E-state index contributed by atoms with van der Waals surface area (Å²) < 4.78 is 24.2. The number of allylic oxidation sites excluding steroid dienone is 3. The topological polar surface area (TPSA) is 34.1 Å². The van der Waals surface area contributed by atoms with Gasteiger partial charge in [-0.2, -0.15) is 0 Å². The molecule has 0 aromatic heterocycles. The van der Waals surface area contributed by atoms with Crippen LogP contribution in [0.15, 0.2) is 46.2 Å². The summed E-state index contributed by atoms with van der Waals surface area (Å²) in [4.78, 5) is 0.845. The fourth-order valence-electron chi connectivity index (χ4n) is 1.93. The first-order valence-electron chi connectivity index (χ1n) is 4.80. The van der Waals surface area contributed by atoms with Gasteiger partial charge in [-0.3, -0.25) is 0 Å². The van der Waals surface area contributed by atoms with E-state index in [-0.39, 0.29) is 0 Å². The summed E-state index contributed by atoms with van der Waals surface area (Å²) in [6.07, 6.45) is 3.50. The monoisotopic (exact) mass is 220 g/mol. The highest BCUT2D eigenvalue weighted by molar-refractivity contribution is 7.96. The van der Waals surface area contributed by atoms with E-state index in [2.05, 4.69) is 0 Å². The molecular formula is C12H12O2S. The zero-order valence-corrected chi connectivity index (χ0v) is 9.51. The summed E-state index contributed by atoms with van der Waals surface area (Å²) in [6, 6.07) is 7.11. The van der Waals surface area contributed by atoms with Crippen molar-refractivity contribution in [3.8, 4) is 0 Å². The van der Waals surface area contributed by atoms with Gasteiger partial charge < -0.3 is 0 Å². The second kappa shape index (κ2) is 3.35. The average molecular weight is 220 g/mol. The highest BCUT2D eigenvalue weighted by Gasteiger charge is 2.34. The second-order valence-corrected chi connectivity index (χ2v) is 5.24. The van der Waals surface area contributed by atoms with Crippen LogP contribution in [0.4, 0.5) is 0 Å². The standard InChI is InChI=1S/C12H12O2S/c1-3-9-10-7-5-6-8-12(10)15(13,14)11(9)4-2/h3-8H,1-2H3/b9-3-,11-4+. The van der Waals surface area contributed by atoms with Gasteiger partial charge in [0.05, 0.1) is 9.80 Å². The molecule has 0 amide bonds. The fourth-order valence-corrected chi connectivity index (χ4v) is 3.72. The van der Waals surface area contributed by atoms with Crippen LogP contribution in [0.3, 0.4) is 0 Å². The van der Waals surface area contributed by atoms with Crippen molar-refractivity contribution in [3.05, 3.63) is 46.9 Å². The summed E-state index contributed by atoms with van der Waals surface area (Å²) in [5.41, 5.74) is 1.63. The summed E-state index contributed by atoms with van der Waals surface area (Å²) in [5.74, 6) is 0. The third kappa shape index (κ3) is 1.27. The Kier molecular flexibility index (Phi) is 2.27. The quantitative estimate of drug-likeness (QED) is 0.673. The molecule has 1 aromatic carbocycles. The maximum absolute atomic E-state index is 12.1. The minimum Gasteiger partial charge on any atom is -0.218 e. The molecule has 0 saturated carbocycles. The molecular weight excluding hydrogens is 208 g/mol. The maximum atomic E-state index is 12.1. The lowest BCUT2D eigenvalue weighted by molar-refractivity contribution is 0.604. The van der Waals surface area contributed by atoms with E-state index >= 15 is 0 Å². The van der Waals surface area contributed by atoms with Crippen LogP contribution in [-0.4, -0.2) is 8.42 Å². The molecule has 0 N–H and O–H groups in total. The van der Waals surface area contributed by atoms with Crippen LogP contribution in [0.1, 0.15) is 19.4 Å². The van der Waals surface area contributed by atoms with Gasteiger partial charge in [-0.25, -0.2) is 8.42 Å². The first-order chi connectivity index (χ1) is 7.12. The minimum atomic E-state index is -3.26. The lowest BCUT2D eigenvalue weighted by atomic mass is 10.1. The summed E-state index contributed by atoms with van der Waals surface area (Å²) in [7, 11) is -3.26. The second-order valence-electron chi connectivity index (χ2n) is 3.35. The number of hydrogen-bond acceptors (Lipinski definition) is 2. The Hall–Kier alpha value is -1.35. The minimum absolute atomic E-state index is 0.422. The third-order valence-corrected chi connectivity index (χ3v) is 4.54. The molecule has 0 bridgehead atoms. The van der Waals surface area contributed by atoms with Gasteiger partial charge in [0.1, 0.15) is 0 Å². The Morgan fingerprint density at radius 3 is 2.33 bits per heavy atom. The Balaban J connectivity index is 2.89. The predicted molar refractivity (Wildman–Crippen MR) is 61.0 cm³/mol. The molecule has 0 spiro atoms. The highest BCUT2D eigenvalue weighted by Crippen LogP contribution is 2.42. The SMILES string of the molecule is C/C=C1\C(=C/C)S(=O)(=O)c2ccccc21. The van der Waals surface area contributed by atoms with E-state index in [0.717, 1.165) is 11.1 Å². The van der Waals surface area contributed by atoms with Crippen LogP contribution < -0.4 is 0 Å². The lowest BCUT2D eigenvalue weighted by Crippen LogP contribution is -1.96. The molecule has 0 atom stereocenters. The van der Waals surface area contributed by atoms with E-state index in [1.54, 1.807) is 25.1 Å². The molecule has 78 valence electrons. The normalized spacial score (nSPS) is 23.3. The number of benzene rings is 1. The first kappa shape index (κ1) is 10.2.